The van der Waals surface area contributed by atoms with Crippen molar-refractivity contribution in [1.29, 1.82) is 0 Å². The average Bonchev–Trinajstić information content (AvgIpc) is 2.95. The van der Waals surface area contributed by atoms with Crippen molar-refractivity contribution in [2.45, 2.75) is 48.9 Å². The Hall–Kier alpha value is -0.730. The van der Waals surface area contributed by atoms with Gasteiger partial charge in [0.1, 0.15) is 4.90 Å². The number of anilines is 1. The van der Waals surface area contributed by atoms with E-state index >= 15 is 0 Å². The summed E-state index contributed by atoms with van der Waals surface area (Å²) in [5, 5.41) is 4.52. The van der Waals surface area contributed by atoms with E-state index in [2.05, 4.69) is 16.1 Å². The van der Waals surface area contributed by atoms with E-state index < -0.39 is 10.0 Å². The van der Waals surface area contributed by atoms with E-state index in [1.807, 2.05) is 6.92 Å². The molecule has 6 nitrogen and oxygen atoms in total. The molecule has 0 saturated heterocycles. The van der Waals surface area contributed by atoms with Crippen LogP contribution in [0.1, 0.15) is 26.2 Å². The zero-order valence-corrected chi connectivity index (χ0v) is 12.8. The minimum absolute atomic E-state index is 0.00632. The van der Waals surface area contributed by atoms with Gasteiger partial charge in [0, 0.05) is 24.0 Å². The number of aryl methyl sites for hydroxylation is 1. The first-order valence-electron chi connectivity index (χ1n) is 6.34. The quantitative estimate of drug-likeness (QED) is 0.848. The summed E-state index contributed by atoms with van der Waals surface area (Å²) in [4.78, 5) is 0.0851. The number of hydrogen-bond donors (Lipinski definition) is 2. The normalized spacial score (nSPS) is 23.9. The van der Waals surface area contributed by atoms with Gasteiger partial charge in [0.15, 0.2) is 5.82 Å². The maximum absolute atomic E-state index is 12.3. The van der Waals surface area contributed by atoms with E-state index in [1.165, 1.54) is 10.9 Å². The minimum atomic E-state index is -3.56. The molecule has 8 heteroatoms. The summed E-state index contributed by atoms with van der Waals surface area (Å²) in [7, 11) is -3.56. The second-order valence-electron chi connectivity index (χ2n) is 4.72. The molecule has 0 aromatic carbocycles. The Labute approximate surface area is 118 Å². The van der Waals surface area contributed by atoms with Crippen LogP contribution in [0.15, 0.2) is 11.1 Å². The van der Waals surface area contributed by atoms with E-state index in [0.717, 1.165) is 19.3 Å². The van der Waals surface area contributed by atoms with Gasteiger partial charge in [-0.2, -0.15) is 16.9 Å². The van der Waals surface area contributed by atoms with Crippen LogP contribution in [-0.4, -0.2) is 35.7 Å². The molecule has 2 atom stereocenters. The first kappa shape index (κ1) is 14.7. The third-order valence-electron chi connectivity index (χ3n) is 3.41. The van der Waals surface area contributed by atoms with E-state index in [0.29, 0.717) is 11.8 Å². The molecular formula is C11H20N4O2S2. The van der Waals surface area contributed by atoms with Gasteiger partial charge < -0.3 is 5.73 Å². The Morgan fingerprint density at radius 1 is 1.58 bits per heavy atom. The number of rotatable bonds is 5. The molecule has 0 radical (unpaired) electrons. The molecule has 2 rings (SSSR count). The van der Waals surface area contributed by atoms with Gasteiger partial charge in [-0.1, -0.05) is 0 Å². The standard InChI is InChI=1S/C11H20N4O2S2/c1-3-15-7-10(11(12)13-15)19(16,17)14-8-4-5-9(6-8)18-2/h7-9,14H,3-6H2,1-2H3,(H2,12,13). The topological polar surface area (TPSA) is 90.0 Å². The van der Waals surface area contributed by atoms with E-state index in [-0.39, 0.29) is 16.8 Å². The first-order chi connectivity index (χ1) is 8.96. The Balaban J connectivity index is 2.12. The van der Waals surface area contributed by atoms with Gasteiger partial charge in [0.2, 0.25) is 10.0 Å². The van der Waals surface area contributed by atoms with E-state index in [4.69, 9.17) is 5.73 Å². The van der Waals surface area contributed by atoms with Crippen molar-refractivity contribution >= 4 is 27.6 Å². The molecular weight excluding hydrogens is 284 g/mol. The second kappa shape index (κ2) is 5.72. The predicted molar refractivity (Wildman–Crippen MR) is 77.6 cm³/mol. The molecule has 0 spiro atoms. The molecule has 1 aromatic rings. The lowest BCUT2D eigenvalue weighted by Gasteiger charge is -2.12. The summed E-state index contributed by atoms with van der Waals surface area (Å²) in [6.07, 6.45) is 6.36. The van der Waals surface area contributed by atoms with Crippen LogP contribution in [-0.2, 0) is 16.6 Å². The van der Waals surface area contributed by atoms with Gasteiger partial charge in [0.25, 0.3) is 0 Å². The highest BCUT2D eigenvalue weighted by atomic mass is 32.2. The van der Waals surface area contributed by atoms with Crippen molar-refractivity contribution in [1.82, 2.24) is 14.5 Å². The summed E-state index contributed by atoms with van der Waals surface area (Å²) in [6.45, 7) is 2.48. The summed E-state index contributed by atoms with van der Waals surface area (Å²) in [6, 6.07) is 0.00632. The number of nitrogens with one attached hydrogen (secondary N) is 1. The molecule has 19 heavy (non-hydrogen) atoms. The molecule has 1 aromatic heterocycles. The fourth-order valence-corrected chi connectivity index (χ4v) is 4.48. The van der Waals surface area contributed by atoms with Crippen LogP contribution in [0, 0.1) is 0 Å². The zero-order valence-electron chi connectivity index (χ0n) is 11.2. The molecule has 1 saturated carbocycles. The van der Waals surface area contributed by atoms with Gasteiger partial charge >= 0.3 is 0 Å². The fraction of sp³-hybridized carbons (Fsp3) is 0.727. The number of hydrogen-bond acceptors (Lipinski definition) is 5. The monoisotopic (exact) mass is 304 g/mol. The lowest BCUT2D eigenvalue weighted by Crippen LogP contribution is -2.33. The number of nitrogens with zero attached hydrogens (tertiary/aromatic N) is 2. The molecule has 3 N–H and O–H groups in total. The molecule has 1 aliphatic carbocycles. The minimum Gasteiger partial charge on any atom is -0.381 e. The Morgan fingerprint density at radius 2 is 2.32 bits per heavy atom. The molecule has 1 aliphatic rings. The summed E-state index contributed by atoms with van der Waals surface area (Å²) < 4.78 is 28.8. The third kappa shape index (κ3) is 3.24. The van der Waals surface area contributed by atoms with Crippen molar-refractivity contribution in [3.8, 4) is 0 Å². The average molecular weight is 304 g/mol. The fourth-order valence-electron chi connectivity index (χ4n) is 2.33. The lowest BCUT2D eigenvalue weighted by atomic mass is 10.3. The maximum atomic E-state index is 12.3. The van der Waals surface area contributed by atoms with E-state index in [1.54, 1.807) is 11.8 Å². The second-order valence-corrected chi connectivity index (χ2v) is 7.54. The van der Waals surface area contributed by atoms with Crippen molar-refractivity contribution in [2.24, 2.45) is 0 Å². The number of nitrogens with two attached hydrogens (primary N) is 1. The summed E-state index contributed by atoms with van der Waals surface area (Å²) in [5.74, 6) is 0.0637. The molecule has 0 amide bonds. The highest BCUT2D eigenvalue weighted by Crippen LogP contribution is 2.29. The third-order valence-corrected chi connectivity index (χ3v) is 6.04. The molecule has 1 fully saturated rings. The smallest absolute Gasteiger partial charge is 0.246 e. The molecule has 0 aliphatic heterocycles. The van der Waals surface area contributed by atoms with Crippen molar-refractivity contribution in [2.75, 3.05) is 12.0 Å². The van der Waals surface area contributed by atoms with E-state index in [9.17, 15) is 8.42 Å². The molecule has 1 heterocycles. The van der Waals surface area contributed by atoms with Gasteiger partial charge in [-0.25, -0.2) is 13.1 Å². The molecule has 2 unspecified atom stereocenters. The highest BCUT2D eigenvalue weighted by Gasteiger charge is 2.30. The van der Waals surface area contributed by atoms with Crippen LogP contribution in [0.4, 0.5) is 5.82 Å². The van der Waals surface area contributed by atoms with Crippen molar-refractivity contribution in [3.63, 3.8) is 0 Å². The Bertz CT molecular complexity index is 541. The summed E-state index contributed by atoms with van der Waals surface area (Å²) in [5.41, 5.74) is 5.68. The highest BCUT2D eigenvalue weighted by molar-refractivity contribution is 7.99. The number of sulfonamides is 1. The Morgan fingerprint density at radius 3 is 2.84 bits per heavy atom. The SMILES string of the molecule is CCn1cc(S(=O)(=O)NC2CCC(SC)C2)c(N)n1. The van der Waals surface area contributed by atoms with Crippen molar-refractivity contribution in [3.05, 3.63) is 6.20 Å². The molecule has 0 bridgehead atoms. The van der Waals surface area contributed by atoms with Gasteiger partial charge in [0.05, 0.1) is 0 Å². The largest absolute Gasteiger partial charge is 0.381 e. The van der Waals surface area contributed by atoms with Gasteiger partial charge in [-0.3, -0.25) is 4.68 Å². The first-order valence-corrected chi connectivity index (χ1v) is 9.11. The summed E-state index contributed by atoms with van der Waals surface area (Å²) >= 11 is 1.79. The number of thioether (sulfide) groups is 1. The van der Waals surface area contributed by atoms with Crippen LogP contribution in [0.25, 0.3) is 0 Å². The van der Waals surface area contributed by atoms with Crippen LogP contribution in [0.2, 0.25) is 0 Å². The van der Waals surface area contributed by atoms with Crippen LogP contribution >= 0.6 is 11.8 Å². The van der Waals surface area contributed by atoms with Gasteiger partial charge in [-0.05, 0) is 32.4 Å². The van der Waals surface area contributed by atoms with Crippen LogP contribution in [0.5, 0.6) is 0 Å². The molecule has 108 valence electrons. The maximum Gasteiger partial charge on any atom is 0.246 e. The zero-order chi connectivity index (χ0) is 14.0. The Kier molecular flexibility index (Phi) is 4.42. The van der Waals surface area contributed by atoms with Crippen molar-refractivity contribution < 1.29 is 8.42 Å². The lowest BCUT2D eigenvalue weighted by molar-refractivity contribution is 0.552. The van der Waals surface area contributed by atoms with Crippen LogP contribution in [0.3, 0.4) is 0 Å². The van der Waals surface area contributed by atoms with Gasteiger partial charge in [-0.15, -0.1) is 0 Å². The van der Waals surface area contributed by atoms with Crippen LogP contribution < -0.4 is 10.5 Å². The predicted octanol–water partition coefficient (Wildman–Crippen LogP) is 1.05. The number of nitrogen functional groups attached to an aromatic ring is 1. The number of aromatic nitrogens is 2.